The number of aryl methyl sites for hydroxylation is 1. The molecule has 0 bridgehead atoms. The van der Waals surface area contributed by atoms with Crippen LogP contribution >= 0.6 is 15.9 Å². The Morgan fingerprint density at radius 2 is 1.62 bits per heavy atom. The number of fused-ring (bicyclic) bond motifs is 1. The van der Waals surface area contributed by atoms with E-state index in [1.807, 2.05) is 55.5 Å². The Morgan fingerprint density at radius 3 is 2.31 bits per heavy atom. The van der Waals surface area contributed by atoms with E-state index in [1.165, 1.54) is 12.1 Å². The first-order valence-electron chi connectivity index (χ1n) is 9.78. The van der Waals surface area contributed by atoms with Crippen LogP contribution in [0.1, 0.15) is 16.7 Å². The highest BCUT2D eigenvalue weighted by Gasteiger charge is 2.19. The van der Waals surface area contributed by atoms with Gasteiger partial charge in [-0.05, 0) is 59.7 Å². The van der Waals surface area contributed by atoms with Crippen LogP contribution in [0.4, 0.5) is 0 Å². The number of hydrogen-bond donors (Lipinski definition) is 0. The Kier molecular flexibility index (Phi) is 6.13. The van der Waals surface area contributed by atoms with E-state index in [9.17, 15) is 13.7 Å². The molecule has 0 atom stereocenters. The maximum atomic E-state index is 13.0. The second kappa shape index (κ2) is 8.99. The summed E-state index contributed by atoms with van der Waals surface area (Å²) in [6.07, 6.45) is 1.67. The first-order chi connectivity index (χ1) is 15.4. The molecular weight excluding hydrogens is 486 g/mol. The van der Waals surface area contributed by atoms with E-state index >= 15 is 0 Å². The van der Waals surface area contributed by atoms with Crippen LogP contribution in [-0.4, -0.2) is 8.42 Å². The Morgan fingerprint density at radius 1 is 0.938 bits per heavy atom. The molecule has 4 nitrogen and oxygen atoms in total. The van der Waals surface area contributed by atoms with Gasteiger partial charge in [0.25, 0.3) is 0 Å². The molecule has 0 spiro atoms. The van der Waals surface area contributed by atoms with Gasteiger partial charge in [-0.1, -0.05) is 76.1 Å². The number of halogens is 1. The van der Waals surface area contributed by atoms with Crippen LogP contribution in [0.5, 0.6) is 5.75 Å². The van der Waals surface area contributed by atoms with E-state index in [0.717, 1.165) is 26.4 Å². The minimum absolute atomic E-state index is 0.0691. The largest absolute Gasteiger partial charge is 0.378 e. The second-order valence-corrected chi connectivity index (χ2v) is 9.69. The van der Waals surface area contributed by atoms with Crippen molar-refractivity contribution in [1.82, 2.24) is 0 Å². The van der Waals surface area contributed by atoms with Gasteiger partial charge < -0.3 is 4.18 Å². The molecule has 0 radical (unpaired) electrons. The van der Waals surface area contributed by atoms with E-state index in [1.54, 1.807) is 30.3 Å². The molecule has 0 saturated heterocycles. The average molecular weight is 504 g/mol. The summed E-state index contributed by atoms with van der Waals surface area (Å²) in [5.41, 5.74) is 2.59. The molecule has 0 aliphatic carbocycles. The van der Waals surface area contributed by atoms with Crippen molar-refractivity contribution < 1.29 is 12.6 Å². The van der Waals surface area contributed by atoms with Gasteiger partial charge in [0.15, 0.2) is 5.75 Å². The lowest BCUT2D eigenvalue weighted by Crippen LogP contribution is -2.10. The zero-order chi connectivity index (χ0) is 22.7. The van der Waals surface area contributed by atoms with Crippen LogP contribution in [-0.2, 0) is 10.1 Å². The van der Waals surface area contributed by atoms with E-state index in [-0.39, 0.29) is 10.6 Å². The molecule has 0 aromatic heterocycles. The Hall–Kier alpha value is -3.40. The SMILES string of the molecule is Cc1ccc(S(=O)(=O)Oc2ccc3ccccc3c2/C=C(\C#N)c2ccc(Br)cc2)cc1. The van der Waals surface area contributed by atoms with Crippen molar-refractivity contribution in [2.45, 2.75) is 11.8 Å². The molecule has 4 aromatic carbocycles. The fourth-order valence-electron chi connectivity index (χ4n) is 3.32. The summed E-state index contributed by atoms with van der Waals surface area (Å²) in [4.78, 5) is 0.0691. The molecule has 0 N–H and O–H groups in total. The van der Waals surface area contributed by atoms with Crippen molar-refractivity contribution in [3.63, 3.8) is 0 Å². The van der Waals surface area contributed by atoms with Crippen LogP contribution in [0.15, 0.2) is 94.3 Å². The van der Waals surface area contributed by atoms with Crippen molar-refractivity contribution in [3.8, 4) is 11.8 Å². The maximum Gasteiger partial charge on any atom is 0.339 e. The van der Waals surface area contributed by atoms with Gasteiger partial charge in [0.1, 0.15) is 4.90 Å². The molecular formula is C26H18BrNO3S. The molecule has 158 valence electrons. The van der Waals surface area contributed by atoms with Crippen LogP contribution < -0.4 is 4.18 Å². The molecule has 0 aliphatic heterocycles. The van der Waals surface area contributed by atoms with E-state index in [2.05, 4.69) is 22.0 Å². The number of allylic oxidation sites excluding steroid dienone is 1. The fourth-order valence-corrected chi connectivity index (χ4v) is 4.53. The Labute approximate surface area is 195 Å². The van der Waals surface area contributed by atoms with Crippen molar-refractivity contribution in [2.24, 2.45) is 0 Å². The van der Waals surface area contributed by atoms with Gasteiger partial charge in [-0.25, -0.2) is 0 Å². The summed E-state index contributed by atoms with van der Waals surface area (Å²) in [6.45, 7) is 1.88. The zero-order valence-corrected chi connectivity index (χ0v) is 19.5. The summed E-state index contributed by atoms with van der Waals surface area (Å²) in [5, 5.41) is 11.5. The van der Waals surface area contributed by atoms with Crippen LogP contribution in [0.2, 0.25) is 0 Å². The molecule has 0 heterocycles. The highest BCUT2D eigenvalue weighted by atomic mass is 79.9. The van der Waals surface area contributed by atoms with Crippen molar-refractivity contribution >= 4 is 48.5 Å². The van der Waals surface area contributed by atoms with Crippen LogP contribution in [0, 0.1) is 18.3 Å². The van der Waals surface area contributed by atoms with Crippen molar-refractivity contribution in [3.05, 3.63) is 106 Å². The lowest BCUT2D eigenvalue weighted by atomic mass is 9.99. The summed E-state index contributed by atoms with van der Waals surface area (Å²) in [5.74, 6) is 0.161. The molecule has 4 rings (SSSR count). The Bertz CT molecular complexity index is 1470. The predicted molar refractivity (Wildman–Crippen MR) is 131 cm³/mol. The monoisotopic (exact) mass is 503 g/mol. The molecule has 32 heavy (non-hydrogen) atoms. The smallest absolute Gasteiger partial charge is 0.339 e. The molecule has 0 fully saturated rings. The van der Waals surface area contributed by atoms with Gasteiger partial charge in [0, 0.05) is 10.0 Å². The lowest BCUT2D eigenvalue weighted by molar-refractivity contribution is 0.486. The van der Waals surface area contributed by atoms with Crippen molar-refractivity contribution in [2.75, 3.05) is 0 Å². The van der Waals surface area contributed by atoms with Gasteiger partial charge in [-0.15, -0.1) is 0 Å². The predicted octanol–water partition coefficient (Wildman–Crippen LogP) is 6.74. The average Bonchev–Trinajstić information content (AvgIpc) is 2.79. The van der Waals surface area contributed by atoms with E-state index in [0.29, 0.717) is 11.1 Å². The fraction of sp³-hybridized carbons (Fsp3) is 0.0385. The van der Waals surface area contributed by atoms with Crippen LogP contribution in [0.3, 0.4) is 0 Å². The van der Waals surface area contributed by atoms with Gasteiger partial charge in [-0.2, -0.15) is 13.7 Å². The topological polar surface area (TPSA) is 67.2 Å². The second-order valence-electron chi connectivity index (χ2n) is 7.23. The molecule has 0 saturated carbocycles. The lowest BCUT2D eigenvalue weighted by Gasteiger charge is -2.13. The number of rotatable bonds is 5. The van der Waals surface area contributed by atoms with Crippen molar-refractivity contribution in [1.29, 1.82) is 5.26 Å². The number of nitrogens with zero attached hydrogens (tertiary/aromatic N) is 1. The van der Waals surface area contributed by atoms with Gasteiger partial charge in [-0.3, -0.25) is 0 Å². The molecule has 6 heteroatoms. The highest BCUT2D eigenvalue weighted by molar-refractivity contribution is 9.10. The summed E-state index contributed by atoms with van der Waals surface area (Å²) >= 11 is 3.40. The molecule has 0 unspecified atom stereocenters. The van der Waals surface area contributed by atoms with Gasteiger partial charge in [0.05, 0.1) is 11.6 Å². The van der Waals surface area contributed by atoms with E-state index in [4.69, 9.17) is 4.18 Å². The molecule has 0 aliphatic rings. The number of benzene rings is 4. The maximum absolute atomic E-state index is 13.0. The molecule has 4 aromatic rings. The third-order valence-corrected chi connectivity index (χ3v) is 6.78. The van der Waals surface area contributed by atoms with Gasteiger partial charge in [0.2, 0.25) is 0 Å². The summed E-state index contributed by atoms with van der Waals surface area (Å²) in [7, 11) is -4.05. The first kappa shape index (κ1) is 21.8. The highest BCUT2D eigenvalue weighted by Crippen LogP contribution is 2.34. The minimum atomic E-state index is -4.05. The van der Waals surface area contributed by atoms with E-state index < -0.39 is 10.1 Å². The minimum Gasteiger partial charge on any atom is -0.378 e. The summed E-state index contributed by atoms with van der Waals surface area (Å²) < 4.78 is 32.4. The zero-order valence-electron chi connectivity index (χ0n) is 17.1. The van der Waals surface area contributed by atoms with Gasteiger partial charge >= 0.3 is 10.1 Å². The number of hydrogen-bond acceptors (Lipinski definition) is 4. The quantitative estimate of drug-likeness (QED) is 0.172. The third kappa shape index (κ3) is 4.59. The molecule has 0 amide bonds. The first-order valence-corrected chi connectivity index (χ1v) is 12.0. The normalized spacial score (nSPS) is 11.8. The third-order valence-electron chi connectivity index (χ3n) is 5.00. The Balaban J connectivity index is 1.87. The number of nitriles is 1. The summed E-state index contributed by atoms with van der Waals surface area (Å²) in [6, 6.07) is 27.0. The van der Waals surface area contributed by atoms with Crippen LogP contribution in [0.25, 0.3) is 22.4 Å². The standard InChI is InChI=1S/C26H18BrNO3S/c1-18-6-13-23(14-7-18)32(29,30)31-26-15-10-20-4-2-3-5-24(20)25(26)16-21(17-28)19-8-11-22(27)12-9-19/h2-16H,1H3/b21-16+.